The van der Waals surface area contributed by atoms with Gasteiger partial charge in [-0.15, -0.1) is 5.48 Å². The lowest BCUT2D eigenvalue weighted by Gasteiger charge is -2.23. The number of amides is 1. The molecule has 6 heteroatoms. The van der Waals surface area contributed by atoms with Crippen molar-refractivity contribution in [3.8, 4) is 11.5 Å². The molecule has 1 aromatic rings. The molecule has 1 amide bonds. The van der Waals surface area contributed by atoms with E-state index in [-0.39, 0.29) is 12.0 Å². The molecular weight excluding hydrogens is 308 g/mol. The molecule has 1 heterocycles. The first-order valence-corrected chi connectivity index (χ1v) is 8.30. The zero-order valence-electron chi connectivity index (χ0n) is 14.3. The summed E-state index contributed by atoms with van der Waals surface area (Å²) in [5.74, 6) is 1.77. The van der Waals surface area contributed by atoms with Gasteiger partial charge in [0.05, 0.1) is 13.2 Å². The third-order valence-electron chi connectivity index (χ3n) is 4.31. The lowest BCUT2D eigenvalue weighted by atomic mass is 10.1. The highest BCUT2D eigenvalue weighted by Crippen LogP contribution is 2.32. The molecule has 24 heavy (non-hydrogen) atoms. The molecule has 1 fully saturated rings. The van der Waals surface area contributed by atoms with E-state index in [1.54, 1.807) is 25.3 Å². The minimum Gasteiger partial charge on any atom is -0.493 e. The van der Waals surface area contributed by atoms with Crippen molar-refractivity contribution in [2.45, 2.75) is 51.3 Å². The summed E-state index contributed by atoms with van der Waals surface area (Å²) >= 11 is 0. The summed E-state index contributed by atoms with van der Waals surface area (Å²) in [6.07, 6.45) is 6.48. The van der Waals surface area contributed by atoms with Crippen LogP contribution in [0.15, 0.2) is 30.0 Å². The fraction of sp³-hybridized carbons (Fsp3) is 0.500. The maximum absolute atomic E-state index is 12.6. The van der Waals surface area contributed by atoms with Gasteiger partial charge in [0.25, 0.3) is 5.91 Å². The van der Waals surface area contributed by atoms with Crippen LogP contribution < -0.4 is 20.3 Å². The van der Waals surface area contributed by atoms with Crippen LogP contribution in [-0.2, 0) is 4.84 Å². The summed E-state index contributed by atoms with van der Waals surface area (Å²) in [4.78, 5) is 17.8. The number of carbonyl (C=O) groups excluding carboxylic acids is 1. The maximum atomic E-state index is 12.6. The molecule has 130 valence electrons. The van der Waals surface area contributed by atoms with E-state index in [0.29, 0.717) is 17.1 Å². The van der Waals surface area contributed by atoms with Crippen LogP contribution in [0, 0.1) is 0 Å². The number of hydroxylamine groups is 1. The second kappa shape index (κ2) is 6.73. The quantitative estimate of drug-likeness (QED) is 0.868. The van der Waals surface area contributed by atoms with E-state index in [4.69, 9.17) is 14.3 Å². The monoisotopic (exact) mass is 332 g/mol. The third kappa shape index (κ3) is 3.64. The van der Waals surface area contributed by atoms with E-state index in [2.05, 4.69) is 10.8 Å². The molecule has 3 rings (SSSR count). The Bertz CT molecular complexity index is 652. The van der Waals surface area contributed by atoms with Crippen molar-refractivity contribution in [2.24, 2.45) is 0 Å². The summed E-state index contributed by atoms with van der Waals surface area (Å²) in [5.41, 5.74) is 2.59. The van der Waals surface area contributed by atoms with Gasteiger partial charge in [0.15, 0.2) is 11.5 Å². The van der Waals surface area contributed by atoms with Crippen LogP contribution >= 0.6 is 0 Å². The van der Waals surface area contributed by atoms with Crippen LogP contribution in [0.25, 0.3) is 0 Å². The molecule has 2 aliphatic rings. The van der Waals surface area contributed by atoms with Gasteiger partial charge in [-0.1, -0.05) is 0 Å². The fourth-order valence-electron chi connectivity index (χ4n) is 3.12. The van der Waals surface area contributed by atoms with Gasteiger partial charge in [0.1, 0.15) is 11.4 Å². The Morgan fingerprint density at radius 2 is 2.08 bits per heavy atom. The molecule has 1 aliphatic heterocycles. The average molecular weight is 332 g/mol. The lowest BCUT2D eigenvalue weighted by molar-refractivity contribution is 0.0616. The second-order valence-electron chi connectivity index (χ2n) is 6.51. The van der Waals surface area contributed by atoms with Crippen molar-refractivity contribution >= 4 is 5.91 Å². The standard InChI is InChI=1S/C18H24N2O4/c1-12-11-18(2,20-24-12)19-17(21)13-8-9-15(22-3)16(10-13)23-14-6-4-5-7-14/h8-11,14,20H,4-7H2,1-3H3,(H,19,21). The van der Waals surface area contributed by atoms with Crippen LogP contribution in [0.5, 0.6) is 11.5 Å². The number of hydrogen-bond acceptors (Lipinski definition) is 5. The van der Waals surface area contributed by atoms with E-state index in [0.717, 1.165) is 18.6 Å². The first kappa shape index (κ1) is 16.6. The highest BCUT2D eigenvalue weighted by atomic mass is 16.7. The van der Waals surface area contributed by atoms with Gasteiger partial charge in [-0.05, 0) is 63.8 Å². The Balaban J connectivity index is 1.76. The number of carbonyl (C=O) groups is 1. The van der Waals surface area contributed by atoms with Gasteiger partial charge >= 0.3 is 0 Å². The largest absolute Gasteiger partial charge is 0.493 e. The van der Waals surface area contributed by atoms with Crippen molar-refractivity contribution < 1.29 is 19.1 Å². The van der Waals surface area contributed by atoms with Crippen LogP contribution in [0.3, 0.4) is 0 Å². The molecule has 1 aromatic carbocycles. The van der Waals surface area contributed by atoms with Gasteiger partial charge in [-0.25, -0.2) is 0 Å². The minimum absolute atomic E-state index is 0.199. The number of hydrogen-bond donors (Lipinski definition) is 2. The van der Waals surface area contributed by atoms with E-state index < -0.39 is 5.66 Å². The summed E-state index contributed by atoms with van der Waals surface area (Å²) in [5, 5.41) is 2.91. The Morgan fingerprint density at radius 1 is 1.33 bits per heavy atom. The van der Waals surface area contributed by atoms with Crippen LogP contribution in [-0.4, -0.2) is 24.8 Å². The topological polar surface area (TPSA) is 68.8 Å². The summed E-state index contributed by atoms with van der Waals surface area (Å²) in [6, 6.07) is 5.23. The SMILES string of the molecule is COc1ccc(C(=O)NC2(C)C=C(C)ON2)cc1OC1CCCC1. The predicted octanol–water partition coefficient (Wildman–Crippen LogP) is 2.90. The molecule has 0 radical (unpaired) electrons. The Kier molecular flexibility index (Phi) is 4.66. The van der Waals surface area contributed by atoms with Gasteiger partial charge in [0.2, 0.25) is 0 Å². The zero-order chi connectivity index (χ0) is 17.2. The number of methoxy groups -OCH3 is 1. The second-order valence-corrected chi connectivity index (χ2v) is 6.51. The van der Waals surface area contributed by atoms with Gasteiger partial charge in [-0.2, -0.15) is 0 Å². The minimum atomic E-state index is -0.729. The molecule has 2 N–H and O–H groups in total. The lowest BCUT2D eigenvalue weighted by Crippen LogP contribution is -2.52. The highest BCUT2D eigenvalue weighted by molar-refractivity contribution is 5.95. The maximum Gasteiger partial charge on any atom is 0.253 e. The van der Waals surface area contributed by atoms with E-state index in [9.17, 15) is 4.79 Å². The molecule has 0 saturated heterocycles. The molecular formula is C18H24N2O4. The zero-order valence-corrected chi connectivity index (χ0v) is 14.3. The van der Waals surface area contributed by atoms with Gasteiger partial charge < -0.3 is 19.6 Å². The fourth-order valence-corrected chi connectivity index (χ4v) is 3.12. The normalized spacial score (nSPS) is 23.5. The van der Waals surface area contributed by atoms with E-state index >= 15 is 0 Å². The Labute approximate surface area is 142 Å². The molecule has 0 spiro atoms. The van der Waals surface area contributed by atoms with Crippen molar-refractivity contribution in [3.05, 3.63) is 35.6 Å². The Morgan fingerprint density at radius 3 is 2.71 bits per heavy atom. The first-order chi connectivity index (χ1) is 11.5. The van der Waals surface area contributed by atoms with Gasteiger partial charge in [-0.3, -0.25) is 4.79 Å². The van der Waals surface area contributed by atoms with E-state index in [1.165, 1.54) is 12.8 Å². The van der Waals surface area contributed by atoms with Crippen LogP contribution in [0.2, 0.25) is 0 Å². The number of nitrogens with one attached hydrogen (secondary N) is 2. The molecule has 1 atom stereocenters. The summed E-state index contributed by atoms with van der Waals surface area (Å²) < 4.78 is 11.4. The molecule has 1 aliphatic carbocycles. The van der Waals surface area contributed by atoms with Gasteiger partial charge in [0, 0.05) is 5.56 Å². The average Bonchev–Trinajstić information content (AvgIpc) is 3.17. The third-order valence-corrected chi connectivity index (χ3v) is 4.31. The highest BCUT2D eigenvalue weighted by Gasteiger charge is 2.30. The van der Waals surface area contributed by atoms with Crippen LogP contribution in [0.4, 0.5) is 0 Å². The molecule has 0 aromatic heterocycles. The van der Waals surface area contributed by atoms with Crippen molar-refractivity contribution in [1.82, 2.24) is 10.8 Å². The van der Waals surface area contributed by atoms with E-state index in [1.807, 2.05) is 19.9 Å². The number of benzene rings is 1. The first-order valence-electron chi connectivity index (χ1n) is 8.30. The summed E-state index contributed by atoms with van der Waals surface area (Å²) in [7, 11) is 1.60. The molecule has 1 unspecified atom stereocenters. The number of ether oxygens (including phenoxy) is 2. The smallest absolute Gasteiger partial charge is 0.253 e. The van der Waals surface area contributed by atoms with Crippen molar-refractivity contribution in [1.29, 1.82) is 0 Å². The molecule has 6 nitrogen and oxygen atoms in total. The summed E-state index contributed by atoms with van der Waals surface area (Å²) in [6.45, 7) is 3.66. The predicted molar refractivity (Wildman–Crippen MR) is 89.7 cm³/mol. The van der Waals surface area contributed by atoms with Crippen molar-refractivity contribution in [2.75, 3.05) is 7.11 Å². The van der Waals surface area contributed by atoms with Crippen molar-refractivity contribution in [3.63, 3.8) is 0 Å². The molecule has 1 saturated carbocycles. The number of rotatable bonds is 5. The van der Waals surface area contributed by atoms with Crippen LogP contribution in [0.1, 0.15) is 49.9 Å². The number of allylic oxidation sites excluding steroid dienone is 1. The molecule has 0 bridgehead atoms. The Hall–Kier alpha value is -2.21.